The summed E-state index contributed by atoms with van der Waals surface area (Å²) in [5.74, 6) is 1.82. The van der Waals surface area contributed by atoms with Crippen molar-refractivity contribution in [2.75, 3.05) is 0 Å². The third-order valence-electron chi connectivity index (χ3n) is 1.56. The van der Waals surface area contributed by atoms with Crippen molar-refractivity contribution in [1.82, 2.24) is 0 Å². The molecule has 0 spiro atoms. The zero-order valence-corrected chi connectivity index (χ0v) is 6.85. The highest BCUT2D eigenvalue weighted by Crippen LogP contribution is 2.13. The van der Waals surface area contributed by atoms with Gasteiger partial charge in [-0.25, -0.2) is 0 Å². The summed E-state index contributed by atoms with van der Waals surface area (Å²) in [5, 5.41) is 0. The smallest absolute Gasteiger partial charge is 0.106 e. The summed E-state index contributed by atoms with van der Waals surface area (Å²) in [6, 6.07) is 2.01. The number of hydrogen-bond acceptors (Lipinski definition) is 1. The highest BCUT2D eigenvalue weighted by Gasteiger charge is 2.03. The van der Waals surface area contributed by atoms with Crippen LogP contribution >= 0.6 is 0 Å². The van der Waals surface area contributed by atoms with E-state index < -0.39 is 0 Å². The molecule has 1 aromatic rings. The van der Waals surface area contributed by atoms with Gasteiger partial charge in [0.25, 0.3) is 0 Å². The number of rotatable bonds is 2. The molecule has 0 fully saturated rings. The lowest BCUT2D eigenvalue weighted by Crippen LogP contribution is -1.93. The normalized spacial score (nSPS) is 10.8. The Morgan fingerprint density at radius 2 is 2.20 bits per heavy atom. The molecule has 0 aliphatic carbocycles. The predicted molar refractivity (Wildman–Crippen MR) is 42.0 cm³/mol. The Labute approximate surface area is 62.1 Å². The van der Waals surface area contributed by atoms with Gasteiger partial charge >= 0.3 is 0 Å². The molecule has 0 bridgehead atoms. The predicted octanol–water partition coefficient (Wildman–Crippen LogP) is 2.79. The number of hydrogen-bond donors (Lipinski definition) is 0. The van der Waals surface area contributed by atoms with Crippen LogP contribution in [0.1, 0.15) is 25.2 Å². The van der Waals surface area contributed by atoms with E-state index in [-0.39, 0.29) is 0 Å². The third-order valence-corrected chi connectivity index (χ3v) is 1.56. The van der Waals surface area contributed by atoms with E-state index in [2.05, 4.69) is 20.8 Å². The molecule has 1 heterocycles. The molecule has 1 nitrogen and oxygen atoms in total. The van der Waals surface area contributed by atoms with Crippen LogP contribution in [0, 0.1) is 12.8 Å². The number of furan rings is 1. The maximum absolute atomic E-state index is 5.28. The number of aryl methyl sites for hydroxylation is 1. The molecule has 0 radical (unpaired) electrons. The zero-order chi connectivity index (χ0) is 7.56. The Morgan fingerprint density at radius 3 is 2.60 bits per heavy atom. The first-order valence-corrected chi connectivity index (χ1v) is 3.73. The van der Waals surface area contributed by atoms with E-state index in [1.165, 1.54) is 5.56 Å². The van der Waals surface area contributed by atoms with Gasteiger partial charge in [-0.15, -0.1) is 0 Å². The molecule has 0 N–H and O–H groups in total. The fraction of sp³-hybridized carbons (Fsp3) is 0.556. The van der Waals surface area contributed by atoms with Gasteiger partial charge in [0.2, 0.25) is 0 Å². The molecule has 0 unspecified atom stereocenters. The van der Waals surface area contributed by atoms with Gasteiger partial charge in [0.15, 0.2) is 0 Å². The Morgan fingerprint density at radius 1 is 1.50 bits per heavy atom. The summed E-state index contributed by atoms with van der Waals surface area (Å²) in [6.07, 6.45) is 2.81. The van der Waals surface area contributed by atoms with Crippen molar-refractivity contribution in [2.45, 2.75) is 27.2 Å². The molecule has 1 heteroatoms. The SMILES string of the molecule is Cc1ccoc1CC(C)C. The maximum Gasteiger partial charge on any atom is 0.106 e. The van der Waals surface area contributed by atoms with E-state index in [9.17, 15) is 0 Å². The molecule has 0 saturated carbocycles. The monoisotopic (exact) mass is 138 g/mol. The Balaban J connectivity index is 2.65. The van der Waals surface area contributed by atoms with Crippen LogP contribution in [-0.4, -0.2) is 0 Å². The minimum atomic E-state index is 0.685. The topological polar surface area (TPSA) is 13.1 Å². The zero-order valence-electron chi connectivity index (χ0n) is 6.85. The molecule has 0 aromatic carbocycles. The standard InChI is InChI=1S/C9H14O/c1-7(2)6-9-8(3)4-5-10-9/h4-5,7H,6H2,1-3H3. The van der Waals surface area contributed by atoms with E-state index in [0.29, 0.717) is 5.92 Å². The molecule has 0 saturated heterocycles. The largest absolute Gasteiger partial charge is 0.469 e. The van der Waals surface area contributed by atoms with E-state index in [4.69, 9.17) is 4.42 Å². The van der Waals surface area contributed by atoms with Crippen LogP contribution in [0.25, 0.3) is 0 Å². The van der Waals surface area contributed by atoms with Crippen LogP contribution < -0.4 is 0 Å². The van der Waals surface area contributed by atoms with Crippen LogP contribution in [0.3, 0.4) is 0 Å². The Kier molecular flexibility index (Phi) is 2.15. The van der Waals surface area contributed by atoms with Crippen LogP contribution in [0.15, 0.2) is 16.7 Å². The minimum absolute atomic E-state index is 0.685. The lowest BCUT2D eigenvalue weighted by molar-refractivity contribution is 0.469. The van der Waals surface area contributed by atoms with Crippen molar-refractivity contribution >= 4 is 0 Å². The Bertz CT molecular complexity index is 198. The second-order valence-electron chi connectivity index (χ2n) is 3.12. The second kappa shape index (κ2) is 2.91. The van der Waals surface area contributed by atoms with Crippen molar-refractivity contribution in [3.05, 3.63) is 23.7 Å². The van der Waals surface area contributed by atoms with E-state index in [1.54, 1.807) is 6.26 Å². The third kappa shape index (κ3) is 1.63. The van der Waals surface area contributed by atoms with Crippen molar-refractivity contribution in [3.8, 4) is 0 Å². The summed E-state index contributed by atoms with van der Waals surface area (Å²) in [7, 11) is 0. The molecule has 56 valence electrons. The Hall–Kier alpha value is -0.720. The van der Waals surface area contributed by atoms with E-state index in [1.807, 2.05) is 6.07 Å². The first-order chi connectivity index (χ1) is 4.70. The maximum atomic E-state index is 5.28. The van der Waals surface area contributed by atoms with Gasteiger partial charge in [0.05, 0.1) is 6.26 Å². The fourth-order valence-electron chi connectivity index (χ4n) is 0.984. The van der Waals surface area contributed by atoms with Crippen LogP contribution in [0.5, 0.6) is 0 Å². The highest BCUT2D eigenvalue weighted by molar-refractivity contribution is 5.14. The molecule has 0 aliphatic heterocycles. The second-order valence-corrected chi connectivity index (χ2v) is 3.12. The molecule has 0 aliphatic rings. The van der Waals surface area contributed by atoms with Crippen molar-refractivity contribution in [1.29, 1.82) is 0 Å². The summed E-state index contributed by atoms with van der Waals surface area (Å²) < 4.78 is 5.28. The summed E-state index contributed by atoms with van der Waals surface area (Å²) in [6.45, 7) is 6.48. The first kappa shape index (κ1) is 7.39. The van der Waals surface area contributed by atoms with Gasteiger partial charge in [-0.05, 0) is 24.5 Å². The van der Waals surface area contributed by atoms with Crippen LogP contribution in [0.4, 0.5) is 0 Å². The van der Waals surface area contributed by atoms with E-state index in [0.717, 1.165) is 12.2 Å². The average Bonchev–Trinajstić information content (AvgIpc) is 2.15. The molecule has 0 atom stereocenters. The molecule has 1 rings (SSSR count). The van der Waals surface area contributed by atoms with Gasteiger partial charge in [0, 0.05) is 6.42 Å². The van der Waals surface area contributed by atoms with Crippen LogP contribution in [-0.2, 0) is 6.42 Å². The summed E-state index contributed by atoms with van der Waals surface area (Å²) in [5.41, 5.74) is 1.27. The lowest BCUT2D eigenvalue weighted by Gasteiger charge is -2.00. The molecule has 10 heavy (non-hydrogen) atoms. The van der Waals surface area contributed by atoms with Crippen molar-refractivity contribution in [3.63, 3.8) is 0 Å². The van der Waals surface area contributed by atoms with Crippen LogP contribution in [0.2, 0.25) is 0 Å². The molecular formula is C9H14O. The van der Waals surface area contributed by atoms with Crippen molar-refractivity contribution in [2.24, 2.45) is 5.92 Å². The first-order valence-electron chi connectivity index (χ1n) is 3.73. The quantitative estimate of drug-likeness (QED) is 0.612. The molecule has 1 aromatic heterocycles. The van der Waals surface area contributed by atoms with Gasteiger partial charge in [-0.3, -0.25) is 0 Å². The summed E-state index contributed by atoms with van der Waals surface area (Å²) in [4.78, 5) is 0. The van der Waals surface area contributed by atoms with Gasteiger partial charge in [-0.2, -0.15) is 0 Å². The molecule has 0 amide bonds. The van der Waals surface area contributed by atoms with Gasteiger partial charge in [0.1, 0.15) is 5.76 Å². The van der Waals surface area contributed by atoms with Gasteiger partial charge < -0.3 is 4.42 Å². The van der Waals surface area contributed by atoms with E-state index >= 15 is 0 Å². The van der Waals surface area contributed by atoms with Crippen molar-refractivity contribution < 1.29 is 4.42 Å². The minimum Gasteiger partial charge on any atom is -0.469 e. The van der Waals surface area contributed by atoms with Gasteiger partial charge in [-0.1, -0.05) is 13.8 Å². The average molecular weight is 138 g/mol. The molecular weight excluding hydrogens is 124 g/mol. The summed E-state index contributed by atoms with van der Waals surface area (Å²) >= 11 is 0. The fourth-order valence-corrected chi connectivity index (χ4v) is 0.984. The lowest BCUT2D eigenvalue weighted by atomic mass is 10.1. The highest BCUT2D eigenvalue weighted by atomic mass is 16.3.